The summed E-state index contributed by atoms with van der Waals surface area (Å²) in [7, 11) is 1.66. The number of likely N-dealkylation sites (tertiary alicyclic amines) is 1. The smallest absolute Gasteiger partial charge is 0.410 e. The lowest BCUT2D eigenvalue weighted by Gasteiger charge is -2.22. The van der Waals surface area contributed by atoms with Gasteiger partial charge >= 0.3 is 6.09 Å². The van der Waals surface area contributed by atoms with E-state index in [9.17, 15) is 14.0 Å². The molecule has 2 fully saturated rings. The van der Waals surface area contributed by atoms with E-state index in [-0.39, 0.29) is 24.5 Å². The van der Waals surface area contributed by atoms with E-state index in [2.05, 4.69) is 0 Å². The standard InChI is InChI=1S/C22H24FN3O4.ClH/c1-25-13-22(30-21(25)28)9-11-26(14-22)20(27)18-12-17(6-7-19(18)23)29-16-4-2-15(3-5-16)8-10-24;/h2-7,12H,8-11,13-14,24H2,1H3;1H. The minimum Gasteiger partial charge on any atom is -0.457 e. The highest BCUT2D eigenvalue weighted by Crippen LogP contribution is 2.33. The van der Waals surface area contributed by atoms with Gasteiger partial charge in [0.1, 0.15) is 17.3 Å². The molecule has 9 heteroatoms. The van der Waals surface area contributed by atoms with Crippen LogP contribution in [-0.2, 0) is 11.2 Å². The van der Waals surface area contributed by atoms with Crippen LogP contribution < -0.4 is 10.5 Å². The highest BCUT2D eigenvalue weighted by molar-refractivity contribution is 5.95. The van der Waals surface area contributed by atoms with E-state index in [0.717, 1.165) is 12.0 Å². The van der Waals surface area contributed by atoms with Crippen molar-refractivity contribution in [2.75, 3.05) is 33.2 Å². The highest BCUT2D eigenvalue weighted by atomic mass is 35.5. The van der Waals surface area contributed by atoms with E-state index in [4.69, 9.17) is 15.2 Å². The van der Waals surface area contributed by atoms with Crippen LogP contribution in [0.15, 0.2) is 42.5 Å². The van der Waals surface area contributed by atoms with Gasteiger partial charge in [0.2, 0.25) is 0 Å². The molecule has 0 radical (unpaired) electrons. The molecule has 166 valence electrons. The number of nitrogens with zero attached hydrogens (tertiary/aromatic N) is 2. The van der Waals surface area contributed by atoms with Gasteiger partial charge in [-0.15, -0.1) is 12.4 Å². The van der Waals surface area contributed by atoms with Gasteiger partial charge in [0.25, 0.3) is 5.91 Å². The number of rotatable bonds is 5. The van der Waals surface area contributed by atoms with Gasteiger partial charge < -0.3 is 25.0 Å². The molecule has 2 saturated heterocycles. The molecule has 2 aromatic carbocycles. The average Bonchev–Trinajstić information content (AvgIpc) is 3.26. The molecule has 2 heterocycles. The summed E-state index contributed by atoms with van der Waals surface area (Å²) in [6, 6.07) is 11.6. The summed E-state index contributed by atoms with van der Waals surface area (Å²) in [4.78, 5) is 27.7. The van der Waals surface area contributed by atoms with Crippen molar-refractivity contribution in [1.29, 1.82) is 0 Å². The Morgan fingerprint density at radius 1 is 1.19 bits per heavy atom. The van der Waals surface area contributed by atoms with Gasteiger partial charge in [-0.05, 0) is 48.9 Å². The molecular weight excluding hydrogens is 425 g/mol. The molecule has 1 atom stereocenters. The second kappa shape index (κ2) is 9.11. The Balaban J connectivity index is 0.00000272. The van der Waals surface area contributed by atoms with Crippen molar-refractivity contribution < 1.29 is 23.5 Å². The average molecular weight is 450 g/mol. The minimum absolute atomic E-state index is 0. The summed E-state index contributed by atoms with van der Waals surface area (Å²) in [6.45, 7) is 1.63. The first-order valence-corrected chi connectivity index (χ1v) is 9.89. The quantitative estimate of drug-likeness (QED) is 0.757. The van der Waals surface area contributed by atoms with Gasteiger partial charge in [0.05, 0.1) is 18.7 Å². The summed E-state index contributed by atoms with van der Waals surface area (Å²) < 4.78 is 25.7. The zero-order chi connectivity index (χ0) is 21.3. The predicted molar refractivity (Wildman–Crippen MR) is 115 cm³/mol. The van der Waals surface area contributed by atoms with E-state index in [0.29, 0.717) is 37.6 Å². The second-order valence-corrected chi connectivity index (χ2v) is 7.81. The first-order valence-electron chi connectivity index (χ1n) is 9.89. The number of halogens is 2. The van der Waals surface area contributed by atoms with Crippen LogP contribution in [0.5, 0.6) is 11.5 Å². The number of likely N-dealkylation sites (N-methyl/N-ethyl adjacent to an activating group) is 1. The maximum Gasteiger partial charge on any atom is 0.410 e. The SMILES string of the molecule is CN1CC2(CCN(C(=O)c3cc(Oc4ccc(CCN)cc4)ccc3F)C2)OC1=O.Cl. The lowest BCUT2D eigenvalue weighted by atomic mass is 10.0. The number of hydrogen-bond donors (Lipinski definition) is 1. The van der Waals surface area contributed by atoms with Crippen molar-refractivity contribution in [2.24, 2.45) is 5.73 Å². The zero-order valence-corrected chi connectivity index (χ0v) is 18.0. The molecule has 4 rings (SSSR count). The second-order valence-electron chi connectivity index (χ2n) is 7.81. The normalized spacial score (nSPS) is 20.0. The number of amides is 2. The molecule has 0 saturated carbocycles. The van der Waals surface area contributed by atoms with Gasteiger partial charge in [-0.25, -0.2) is 9.18 Å². The zero-order valence-electron chi connectivity index (χ0n) is 17.2. The third-order valence-corrected chi connectivity index (χ3v) is 5.50. The Bertz CT molecular complexity index is 972. The lowest BCUT2D eigenvalue weighted by Crippen LogP contribution is -2.39. The highest BCUT2D eigenvalue weighted by Gasteiger charge is 2.49. The molecule has 2 aliphatic heterocycles. The van der Waals surface area contributed by atoms with Crippen LogP contribution in [0, 0.1) is 5.82 Å². The van der Waals surface area contributed by atoms with Gasteiger partial charge in [-0.2, -0.15) is 0 Å². The molecule has 0 aliphatic carbocycles. The molecule has 2 aromatic rings. The molecule has 2 aliphatic rings. The van der Waals surface area contributed by atoms with E-state index in [1.54, 1.807) is 7.05 Å². The third-order valence-electron chi connectivity index (χ3n) is 5.50. The van der Waals surface area contributed by atoms with Crippen LogP contribution in [0.25, 0.3) is 0 Å². The van der Waals surface area contributed by atoms with Gasteiger partial charge in [0.15, 0.2) is 5.60 Å². The molecular formula is C22H25ClFN3O4. The van der Waals surface area contributed by atoms with Crippen LogP contribution >= 0.6 is 12.4 Å². The third kappa shape index (κ3) is 4.75. The topological polar surface area (TPSA) is 85.1 Å². The first-order chi connectivity index (χ1) is 14.4. The van der Waals surface area contributed by atoms with E-state index in [1.807, 2.05) is 24.3 Å². The summed E-state index contributed by atoms with van der Waals surface area (Å²) >= 11 is 0. The molecule has 7 nitrogen and oxygen atoms in total. The molecule has 2 N–H and O–H groups in total. The predicted octanol–water partition coefficient (Wildman–Crippen LogP) is 3.21. The van der Waals surface area contributed by atoms with Crippen molar-refractivity contribution in [3.63, 3.8) is 0 Å². The van der Waals surface area contributed by atoms with Crippen LogP contribution in [0.4, 0.5) is 9.18 Å². The van der Waals surface area contributed by atoms with Gasteiger partial charge in [0, 0.05) is 20.0 Å². The van der Waals surface area contributed by atoms with E-state index in [1.165, 1.54) is 28.0 Å². The summed E-state index contributed by atoms with van der Waals surface area (Å²) in [5, 5.41) is 0. The molecule has 0 aromatic heterocycles. The molecule has 1 spiro atoms. The van der Waals surface area contributed by atoms with Crippen LogP contribution in [0.2, 0.25) is 0 Å². The van der Waals surface area contributed by atoms with Crippen molar-refractivity contribution >= 4 is 24.4 Å². The Morgan fingerprint density at radius 3 is 2.55 bits per heavy atom. The monoisotopic (exact) mass is 449 g/mol. The Labute approximate surface area is 186 Å². The number of carbonyl (C=O) groups is 2. The first kappa shape index (κ1) is 22.8. The fourth-order valence-corrected chi connectivity index (χ4v) is 3.95. The maximum atomic E-state index is 14.4. The van der Waals surface area contributed by atoms with Crippen LogP contribution in [-0.4, -0.2) is 60.6 Å². The number of nitrogens with two attached hydrogens (primary N) is 1. The summed E-state index contributed by atoms with van der Waals surface area (Å²) in [5.74, 6) is -0.111. The largest absolute Gasteiger partial charge is 0.457 e. The Hall–Kier alpha value is -2.84. The fourth-order valence-electron chi connectivity index (χ4n) is 3.95. The molecule has 2 amide bonds. The van der Waals surface area contributed by atoms with Crippen molar-refractivity contribution in [2.45, 2.75) is 18.4 Å². The van der Waals surface area contributed by atoms with Crippen molar-refractivity contribution in [3.8, 4) is 11.5 Å². The van der Waals surface area contributed by atoms with Crippen LogP contribution in [0.1, 0.15) is 22.3 Å². The van der Waals surface area contributed by atoms with Crippen molar-refractivity contribution in [3.05, 3.63) is 59.4 Å². The lowest BCUT2D eigenvalue weighted by molar-refractivity contribution is 0.0550. The van der Waals surface area contributed by atoms with Gasteiger partial charge in [-0.3, -0.25) is 4.79 Å². The fraction of sp³-hybridized carbons (Fsp3) is 0.364. The minimum atomic E-state index is -0.711. The Morgan fingerprint density at radius 2 is 1.90 bits per heavy atom. The number of carbonyl (C=O) groups excluding carboxylic acids is 2. The number of ether oxygens (including phenoxy) is 2. The number of benzene rings is 2. The molecule has 0 bridgehead atoms. The summed E-state index contributed by atoms with van der Waals surface area (Å²) in [5.41, 5.74) is 5.87. The number of hydrogen-bond acceptors (Lipinski definition) is 5. The van der Waals surface area contributed by atoms with Crippen LogP contribution in [0.3, 0.4) is 0 Å². The van der Waals surface area contributed by atoms with E-state index < -0.39 is 23.4 Å². The van der Waals surface area contributed by atoms with Crippen molar-refractivity contribution in [1.82, 2.24) is 9.80 Å². The molecule has 31 heavy (non-hydrogen) atoms. The molecule has 1 unspecified atom stereocenters. The summed E-state index contributed by atoms with van der Waals surface area (Å²) in [6.07, 6.45) is 0.906. The van der Waals surface area contributed by atoms with E-state index >= 15 is 0 Å². The Kier molecular flexibility index (Phi) is 6.71. The van der Waals surface area contributed by atoms with Gasteiger partial charge in [-0.1, -0.05) is 12.1 Å². The maximum absolute atomic E-state index is 14.4.